The van der Waals surface area contributed by atoms with Crippen LogP contribution in [0.2, 0.25) is 5.02 Å². The molecule has 2 aromatic rings. The molecule has 0 saturated carbocycles. The molecule has 0 unspecified atom stereocenters. The molecular formula is C12H12ClN3O2. The maximum absolute atomic E-state index is 11.5. The van der Waals surface area contributed by atoms with E-state index in [0.717, 1.165) is 0 Å². The standard InChI is InChI=1S/C12H12ClN3O2/c1-7(2)18-12(17)6-11-14-9-4-3-8(13)5-10(9)15-16-11/h3-5,7H,6H2,1-2H3. The third kappa shape index (κ3) is 3.13. The van der Waals surface area contributed by atoms with Crippen LogP contribution in [0.5, 0.6) is 0 Å². The van der Waals surface area contributed by atoms with E-state index in [0.29, 0.717) is 21.9 Å². The van der Waals surface area contributed by atoms with E-state index in [4.69, 9.17) is 16.3 Å². The van der Waals surface area contributed by atoms with Gasteiger partial charge >= 0.3 is 5.97 Å². The van der Waals surface area contributed by atoms with Gasteiger partial charge in [-0.3, -0.25) is 4.79 Å². The lowest BCUT2D eigenvalue weighted by atomic mass is 10.3. The van der Waals surface area contributed by atoms with Crippen molar-refractivity contribution in [3.63, 3.8) is 0 Å². The van der Waals surface area contributed by atoms with Crippen LogP contribution in [0.1, 0.15) is 19.7 Å². The van der Waals surface area contributed by atoms with Gasteiger partial charge in [0, 0.05) is 5.02 Å². The SMILES string of the molecule is CC(C)OC(=O)Cc1nnc2cc(Cl)ccc2n1. The highest BCUT2D eigenvalue weighted by Crippen LogP contribution is 2.15. The first-order chi connectivity index (χ1) is 8.54. The number of benzene rings is 1. The van der Waals surface area contributed by atoms with Gasteiger partial charge in [-0.05, 0) is 32.0 Å². The second kappa shape index (κ2) is 5.27. The number of ether oxygens (including phenoxy) is 1. The summed E-state index contributed by atoms with van der Waals surface area (Å²) in [6.45, 7) is 3.58. The average Bonchev–Trinajstić information content (AvgIpc) is 2.28. The van der Waals surface area contributed by atoms with Crippen LogP contribution in [0.3, 0.4) is 0 Å². The first-order valence-corrected chi connectivity index (χ1v) is 5.91. The molecule has 6 heteroatoms. The van der Waals surface area contributed by atoms with Crippen molar-refractivity contribution in [3.05, 3.63) is 29.0 Å². The maximum Gasteiger partial charge on any atom is 0.313 e. The molecule has 18 heavy (non-hydrogen) atoms. The minimum Gasteiger partial charge on any atom is -0.463 e. The van der Waals surface area contributed by atoms with Gasteiger partial charge in [-0.2, -0.15) is 0 Å². The van der Waals surface area contributed by atoms with E-state index in [1.54, 1.807) is 32.0 Å². The van der Waals surface area contributed by atoms with Crippen LogP contribution in [0, 0.1) is 0 Å². The van der Waals surface area contributed by atoms with E-state index in [9.17, 15) is 4.79 Å². The lowest BCUT2D eigenvalue weighted by Crippen LogP contribution is -2.15. The molecule has 0 fully saturated rings. The smallest absolute Gasteiger partial charge is 0.313 e. The Kier molecular flexibility index (Phi) is 3.72. The molecule has 0 radical (unpaired) electrons. The van der Waals surface area contributed by atoms with Crippen molar-refractivity contribution >= 4 is 28.6 Å². The monoisotopic (exact) mass is 265 g/mol. The molecule has 0 aliphatic heterocycles. The summed E-state index contributed by atoms with van der Waals surface area (Å²) >= 11 is 5.83. The van der Waals surface area contributed by atoms with Crippen LogP contribution in [0.15, 0.2) is 18.2 Å². The lowest BCUT2D eigenvalue weighted by Gasteiger charge is -2.06. The summed E-state index contributed by atoms with van der Waals surface area (Å²) in [7, 11) is 0. The van der Waals surface area contributed by atoms with Crippen molar-refractivity contribution < 1.29 is 9.53 Å². The molecule has 0 saturated heterocycles. The lowest BCUT2D eigenvalue weighted by molar-refractivity contribution is -0.146. The van der Waals surface area contributed by atoms with Gasteiger partial charge < -0.3 is 4.74 Å². The number of halogens is 1. The Labute approximate surface area is 109 Å². The van der Waals surface area contributed by atoms with Crippen LogP contribution in [-0.2, 0) is 16.0 Å². The third-order valence-electron chi connectivity index (χ3n) is 2.13. The molecule has 0 aliphatic rings. The number of carbonyl (C=O) groups excluding carboxylic acids is 1. The first-order valence-electron chi connectivity index (χ1n) is 5.53. The van der Waals surface area contributed by atoms with E-state index >= 15 is 0 Å². The van der Waals surface area contributed by atoms with Crippen molar-refractivity contribution in [1.82, 2.24) is 15.2 Å². The third-order valence-corrected chi connectivity index (χ3v) is 2.36. The number of hydrogen-bond donors (Lipinski definition) is 0. The number of hydrogen-bond acceptors (Lipinski definition) is 5. The average molecular weight is 266 g/mol. The minimum atomic E-state index is -0.361. The fraction of sp³-hybridized carbons (Fsp3) is 0.333. The Bertz CT molecular complexity index is 587. The summed E-state index contributed by atoms with van der Waals surface area (Å²) in [5.41, 5.74) is 1.25. The molecule has 0 spiro atoms. The molecule has 5 nitrogen and oxygen atoms in total. The first kappa shape index (κ1) is 12.7. The fourth-order valence-corrected chi connectivity index (χ4v) is 1.62. The van der Waals surface area contributed by atoms with E-state index < -0.39 is 0 Å². The molecule has 0 amide bonds. The van der Waals surface area contributed by atoms with Gasteiger partial charge in [-0.15, -0.1) is 10.2 Å². The largest absolute Gasteiger partial charge is 0.463 e. The van der Waals surface area contributed by atoms with Crippen LogP contribution < -0.4 is 0 Å². The summed E-state index contributed by atoms with van der Waals surface area (Å²) in [5.74, 6) is -0.0180. The summed E-state index contributed by atoms with van der Waals surface area (Å²) in [5, 5.41) is 8.42. The Morgan fingerprint density at radius 1 is 1.33 bits per heavy atom. The van der Waals surface area contributed by atoms with Crippen molar-refractivity contribution in [1.29, 1.82) is 0 Å². The van der Waals surface area contributed by atoms with Crippen LogP contribution in [-0.4, -0.2) is 27.3 Å². The Morgan fingerprint density at radius 3 is 2.83 bits per heavy atom. The van der Waals surface area contributed by atoms with Crippen molar-refractivity contribution in [2.45, 2.75) is 26.4 Å². The Hall–Kier alpha value is -1.75. The normalized spacial score (nSPS) is 10.9. The molecular weight excluding hydrogens is 254 g/mol. The second-order valence-corrected chi connectivity index (χ2v) is 4.51. The highest BCUT2D eigenvalue weighted by atomic mass is 35.5. The molecule has 0 aliphatic carbocycles. The van der Waals surface area contributed by atoms with E-state index in [1.807, 2.05) is 0 Å². The van der Waals surface area contributed by atoms with Gasteiger partial charge in [0.25, 0.3) is 0 Å². The summed E-state index contributed by atoms with van der Waals surface area (Å²) in [6, 6.07) is 5.13. The van der Waals surface area contributed by atoms with Crippen molar-refractivity contribution in [3.8, 4) is 0 Å². The molecule has 0 N–H and O–H groups in total. The molecule has 2 rings (SSSR count). The van der Waals surface area contributed by atoms with Crippen LogP contribution >= 0.6 is 11.6 Å². The predicted molar refractivity (Wildman–Crippen MR) is 67.3 cm³/mol. The van der Waals surface area contributed by atoms with Gasteiger partial charge in [0.1, 0.15) is 11.9 Å². The van der Waals surface area contributed by atoms with Gasteiger partial charge in [0.15, 0.2) is 5.82 Å². The quantitative estimate of drug-likeness (QED) is 0.796. The number of aromatic nitrogens is 3. The van der Waals surface area contributed by atoms with Gasteiger partial charge in [-0.1, -0.05) is 11.6 Å². The molecule has 1 heterocycles. The zero-order valence-electron chi connectivity index (χ0n) is 10.1. The highest BCUT2D eigenvalue weighted by Gasteiger charge is 2.10. The molecule has 0 bridgehead atoms. The minimum absolute atomic E-state index is 0.0176. The number of rotatable bonds is 3. The van der Waals surface area contributed by atoms with Crippen molar-refractivity contribution in [2.24, 2.45) is 0 Å². The molecule has 0 atom stereocenters. The molecule has 94 valence electrons. The summed E-state index contributed by atoms with van der Waals surface area (Å²) in [6.07, 6.45) is -0.131. The van der Waals surface area contributed by atoms with Crippen LogP contribution in [0.4, 0.5) is 0 Å². The van der Waals surface area contributed by atoms with Crippen LogP contribution in [0.25, 0.3) is 11.0 Å². The number of fused-ring (bicyclic) bond motifs is 1. The zero-order valence-corrected chi connectivity index (χ0v) is 10.8. The van der Waals surface area contributed by atoms with Gasteiger partial charge in [-0.25, -0.2) is 4.98 Å². The number of nitrogens with zero attached hydrogens (tertiary/aromatic N) is 3. The van der Waals surface area contributed by atoms with E-state index in [2.05, 4.69) is 15.2 Å². The molecule has 1 aromatic carbocycles. The summed E-state index contributed by atoms with van der Waals surface area (Å²) < 4.78 is 5.02. The Balaban J connectivity index is 2.20. The van der Waals surface area contributed by atoms with Gasteiger partial charge in [0.05, 0.1) is 11.6 Å². The fourth-order valence-electron chi connectivity index (χ4n) is 1.45. The van der Waals surface area contributed by atoms with E-state index in [-0.39, 0.29) is 18.5 Å². The topological polar surface area (TPSA) is 65.0 Å². The Morgan fingerprint density at radius 2 is 2.11 bits per heavy atom. The maximum atomic E-state index is 11.5. The van der Waals surface area contributed by atoms with E-state index in [1.165, 1.54) is 0 Å². The molecule has 1 aromatic heterocycles. The predicted octanol–water partition coefficient (Wildman–Crippen LogP) is 2.17. The van der Waals surface area contributed by atoms with Crippen molar-refractivity contribution in [2.75, 3.05) is 0 Å². The second-order valence-electron chi connectivity index (χ2n) is 4.08. The highest BCUT2D eigenvalue weighted by molar-refractivity contribution is 6.31. The number of esters is 1. The zero-order chi connectivity index (χ0) is 13.1. The number of carbonyl (C=O) groups is 1. The van der Waals surface area contributed by atoms with Gasteiger partial charge in [0.2, 0.25) is 0 Å². The summed E-state index contributed by atoms with van der Waals surface area (Å²) in [4.78, 5) is 15.7.